The van der Waals surface area contributed by atoms with Gasteiger partial charge >= 0.3 is 0 Å². The predicted molar refractivity (Wildman–Crippen MR) is 92.2 cm³/mol. The van der Waals surface area contributed by atoms with Crippen LogP contribution in [0.3, 0.4) is 0 Å². The number of imidazole rings is 1. The molecule has 0 spiro atoms. The summed E-state index contributed by atoms with van der Waals surface area (Å²) in [5.41, 5.74) is 2.06. The Kier molecular flexibility index (Phi) is 6.12. The average Bonchev–Trinajstić information content (AvgIpc) is 2.99. The fraction of sp³-hybridized carbons (Fsp3) is 0.389. The number of carbonyl (C=O) groups excluding carboxylic acids is 2. The lowest BCUT2D eigenvalue weighted by Crippen LogP contribution is -2.38. The van der Waals surface area contributed by atoms with E-state index in [1.54, 1.807) is 12.5 Å². The molecule has 6 nitrogen and oxygen atoms in total. The van der Waals surface area contributed by atoms with Crippen LogP contribution < -0.4 is 10.6 Å². The van der Waals surface area contributed by atoms with Gasteiger partial charge in [-0.15, -0.1) is 0 Å². The lowest BCUT2D eigenvalue weighted by molar-refractivity contribution is -0.123. The number of carbonyl (C=O) groups is 2. The van der Waals surface area contributed by atoms with E-state index in [2.05, 4.69) is 15.6 Å². The summed E-state index contributed by atoms with van der Waals surface area (Å²) in [6.07, 6.45) is 5.49. The van der Waals surface area contributed by atoms with Crippen LogP contribution in [0.1, 0.15) is 37.4 Å². The Bertz CT molecular complexity index is 665. The zero-order valence-electron chi connectivity index (χ0n) is 14.3. The maximum atomic E-state index is 12.3. The highest BCUT2D eigenvalue weighted by molar-refractivity contribution is 5.79. The standard InChI is InChI=1S/C18H24N4O2/c1-13-4-6-16(7-5-13)17(21-15(3)23)10-18(24)20-14(2)11-22-9-8-19-12-22/h4-9,12,14,17H,10-11H2,1-3H3,(H,20,24)(H,21,23)/t14-,17-/m0/s1. The van der Waals surface area contributed by atoms with E-state index in [0.717, 1.165) is 11.1 Å². The quantitative estimate of drug-likeness (QED) is 0.816. The van der Waals surface area contributed by atoms with Gasteiger partial charge in [0.15, 0.2) is 0 Å². The highest BCUT2D eigenvalue weighted by atomic mass is 16.2. The number of rotatable bonds is 7. The molecule has 1 heterocycles. The third-order valence-corrected chi connectivity index (χ3v) is 3.70. The molecule has 2 N–H and O–H groups in total. The van der Waals surface area contributed by atoms with Gasteiger partial charge in [-0.05, 0) is 19.4 Å². The molecule has 6 heteroatoms. The van der Waals surface area contributed by atoms with Crippen molar-refractivity contribution < 1.29 is 9.59 Å². The first-order valence-corrected chi connectivity index (χ1v) is 8.03. The third kappa shape index (κ3) is 5.53. The number of amides is 2. The lowest BCUT2D eigenvalue weighted by atomic mass is 10.0. The van der Waals surface area contributed by atoms with Crippen LogP contribution in [-0.2, 0) is 16.1 Å². The van der Waals surface area contributed by atoms with Crippen molar-refractivity contribution in [3.05, 3.63) is 54.1 Å². The Morgan fingerprint density at radius 2 is 1.92 bits per heavy atom. The molecule has 0 saturated carbocycles. The van der Waals surface area contributed by atoms with Crippen LogP contribution in [0.4, 0.5) is 0 Å². The van der Waals surface area contributed by atoms with Gasteiger partial charge in [0.25, 0.3) is 0 Å². The van der Waals surface area contributed by atoms with Crippen molar-refractivity contribution in [1.82, 2.24) is 20.2 Å². The highest BCUT2D eigenvalue weighted by Gasteiger charge is 2.18. The Hall–Kier alpha value is -2.63. The molecule has 2 aromatic rings. The Balaban J connectivity index is 1.96. The van der Waals surface area contributed by atoms with Crippen LogP contribution in [0, 0.1) is 6.92 Å². The van der Waals surface area contributed by atoms with Crippen LogP contribution in [0.15, 0.2) is 43.0 Å². The summed E-state index contributed by atoms with van der Waals surface area (Å²) in [5.74, 6) is -0.248. The first-order valence-electron chi connectivity index (χ1n) is 8.03. The number of aryl methyl sites for hydroxylation is 1. The molecule has 0 fully saturated rings. The molecule has 0 aliphatic heterocycles. The van der Waals surface area contributed by atoms with Gasteiger partial charge in [0.1, 0.15) is 0 Å². The SMILES string of the molecule is CC(=O)N[C@@H](CC(=O)N[C@@H](C)Cn1ccnc1)c1ccc(C)cc1. The van der Waals surface area contributed by atoms with Crippen LogP contribution in [-0.4, -0.2) is 27.4 Å². The number of benzene rings is 1. The second-order valence-corrected chi connectivity index (χ2v) is 6.10. The van der Waals surface area contributed by atoms with Gasteiger partial charge in [0, 0.05) is 31.9 Å². The molecule has 2 amide bonds. The maximum Gasteiger partial charge on any atom is 0.222 e. The van der Waals surface area contributed by atoms with E-state index in [0.29, 0.717) is 6.54 Å². The van der Waals surface area contributed by atoms with Crippen LogP contribution in [0.2, 0.25) is 0 Å². The smallest absolute Gasteiger partial charge is 0.222 e. The van der Waals surface area contributed by atoms with Crippen LogP contribution in [0.25, 0.3) is 0 Å². The van der Waals surface area contributed by atoms with Crippen molar-refractivity contribution in [2.45, 2.75) is 45.8 Å². The second-order valence-electron chi connectivity index (χ2n) is 6.10. The van der Waals surface area contributed by atoms with Crippen molar-refractivity contribution in [3.63, 3.8) is 0 Å². The minimum Gasteiger partial charge on any atom is -0.352 e. The van der Waals surface area contributed by atoms with Gasteiger partial charge in [-0.3, -0.25) is 9.59 Å². The first kappa shape index (κ1) is 17.7. The van der Waals surface area contributed by atoms with Gasteiger partial charge in [-0.25, -0.2) is 4.98 Å². The molecular weight excluding hydrogens is 304 g/mol. The molecule has 128 valence electrons. The lowest BCUT2D eigenvalue weighted by Gasteiger charge is -2.20. The number of nitrogens with one attached hydrogen (secondary N) is 2. The largest absolute Gasteiger partial charge is 0.352 e. The van der Waals surface area contributed by atoms with E-state index >= 15 is 0 Å². The molecule has 0 radical (unpaired) electrons. The normalized spacial score (nSPS) is 13.1. The van der Waals surface area contributed by atoms with Gasteiger partial charge in [-0.2, -0.15) is 0 Å². The van der Waals surface area contributed by atoms with Gasteiger partial charge in [0.05, 0.1) is 18.8 Å². The average molecular weight is 328 g/mol. The van der Waals surface area contributed by atoms with Crippen molar-refractivity contribution in [2.24, 2.45) is 0 Å². The van der Waals surface area contributed by atoms with E-state index in [1.807, 2.05) is 48.9 Å². The molecule has 1 aromatic carbocycles. The number of aromatic nitrogens is 2. The van der Waals surface area contributed by atoms with Gasteiger partial charge in [0.2, 0.25) is 11.8 Å². The fourth-order valence-electron chi connectivity index (χ4n) is 2.57. The minimum atomic E-state index is -0.330. The molecule has 0 aliphatic carbocycles. The third-order valence-electron chi connectivity index (χ3n) is 3.70. The summed E-state index contributed by atoms with van der Waals surface area (Å²) in [4.78, 5) is 27.8. The second kappa shape index (κ2) is 8.29. The van der Waals surface area contributed by atoms with Crippen molar-refractivity contribution in [3.8, 4) is 0 Å². The predicted octanol–water partition coefficient (Wildman–Crippen LogP) is 1.96. The topological polar surface area (TPSA) is 76.0 Å². The van der Waals surface area contributed by atoms with Crippen LogP contribution >= 0.6 is 0 Å². The van der Waals surface area contributed by atoms with E-state index in [1.165, 1.54) is 6.92 Å². The summed E-state index contributed by atoms with van der Waals surface area (Å²) >= 11 is 0. The molecular formula is C18H24N4O2. The fourth-order valence-corrected chi connectivity index (χ4v) is 2.57. The monoisotopic (exact) mass is 328 g/mol. The molecule has 2 rings (SSSR count). The molecule has 2 atom stereocenters. The highest BCUT2D eigenvalue weighted by Crippen LogP contribution is 2.17. The molecule has 0 saturated heterocycles. The summed E-state index contributed by atoms with van der Waals surface area (Å²) in [5, 5.41) is 5.81. The molecule has 0 aliphatic rings. The van der Waals surface area contributed by atoms with E-state index in [9.17, 15) is 9.59 Å². The summed E-state index contributed by atoms with van der Waals surface area (Å²) in [7, 11) is 0. The molecule has 0 unspecified atom stereocenters. The maximum absolute atomic E-state index is 12.3. The van der Waals surface area contributed by atoms with Gasteiger partial charge in [-0.1, -0.05) is 29.8 Å². The van der Waals surface area contributed by atoms with E-state index < -0.39 is 0 Å². The Morgan fingerprint density at radius 1 is 1.21 bits per heavy atom. The summed E-state index contributed by atoms with van der Waals surface area (Å²) < 4.78 is 1.91. The van der Waals surface area contributed by atoms with E-state index in [-0.39, 0.29) is 30.3 Å². The Morgan fingerprint density at radius 3 is 2.50 bits per heavy atom. The van der Waals surface area contributed by atoms with Gasteiger partial charge < -0.3 is 15.2 Å². The zero-order valence-corrected chi connectivity index (χ0v) is 14.3. The van der Waals surface area contributed by atoms with Crippen molar-refractivity contribution in [2.75, 3.05) is 0 Å². The summed E-state index contributed by atoms with van der Waals surface area (Å²) in [6.45, 7) is 6.06. The Labute approximate surface area is 142 Å². The van der Waals surface area contributed by atoms with Crippen LogP contribution in [0.5, 0.6) is 0 Å². The molecule has 1 aromatic heterocycles. The zero-order chi connectivity index (χ0) is 17.5. The number of nitrogens with zero attached hydrogens (tertiary/aromatic N) is 2. The van der Waals surface area contributed by atoms with Crippen molar-refractivity contribution >= 4 is 11.8 Å². The minimum absolute atomic E-state index is 0.0253. The molecule has 24 heavy (non-hydrogen) atoms. The van der Waals surface area contributed by atoms with Crippen molar-refractivity contribution in [1.29, 1.82) is 0 Å². The number of hydrogen-bond donors (Lipinski definition) is 2. The number of hydrogen-bond acceptors (Lipinski definition) is 3. The van der Waals surface area contributed by atoms with E-state index in [4.69, 9.17) is 0 Å². The first-order chi connectivity index (χ1) is 11.4. The summed E-state index contributed by atoms with van der Waals surface area (Å²) in [6, 6.07) is 7.48. The molecule has 0 bridgehead atoms.